The molecule has 2 aromatic carbocycles. The first-order valence-electron chi connectivity index (χ1n) is 7.61. The van der Waals surface area contributed by atoms with Gasteiger partial charge in [0.05, 0.1) is 26.7 Å². The molecule has 1 unspecified atom stereocenters. The van der Waals surface area contributed by atoms with Crippen molar-refractivity contribution in [3.63, 3.8) is 0 Å². The van der Waals surface area contributed by atoms with Crippen molar-refractivity contribution in [1.82, 2.24) is 5.32 Å². The summed E-state index contributed by atoms with van der Waals surface area (Å²) in [5, 5.41) is 3.04. The predicted octanol–water partition coefficient (Wildman–Crippen LogP) is 3.43. The predicted molar refractivity (Wildman–Crippen MR) is 91.0 cm³/mol. The molecule has 1 atom stereocenters. The van der Waals surface area contributed by atoms with Crippen LogP contribution in [0.3, 0.4) is 0 Å². The number of carbonyl (C=O) groups is 1. The standard InChI is InChI=1S/C19H23NO3/c1-13-7-5-6-8-16(13)14(2)20-19(21)12-15-9-10-17(22-3)18(11-15)23-4/h5-11,14H,12H2,1-4H3,(H,20,21). The van der Waals surface area contributed by atoms with E-state index in [9.17, 15) is 4.79 Å². The highest BCUT2D eigenvalue weighted by Crippen LogP contribution is 2.27. The van der Waals surface area contributed by atoms with E-state index in [4.69, 9.17) is 9.47 Å². The zero-order valence-electron chi connectivity index (χ0n) is 14.1. The van der Waals surface area contributed by atoms with Crippen LogP contribution in [0.5, 0.6) is 11.5 Å². The lowest BCUT2D eigenvalue weighted by Crippen LogP contribution is -2.28. The fourth-order valence-corrected chi connectivity index (χ4v) is 2.62. The van der Waals surface area contributed by atoms with E-state index in [1.807, 2.05) is 56.3 Å². The molecule has 4 heteroatoms. The Kier molecular flexibility index (Phi) is 5.63. The number of rotatable bonds is 6. The Balaban J connectivity index is 2.03. The van der Waals surface area contributed by atoms with Crippen LogP contribution in [0.25, 0.3) is 0 Å². The summed E-state index contributed by atoms with van der Waals surface area (Å²) in [6.45, 7) is 4.04. The molecule has 1 N–H and O–H groups in total. The Bertz CT molecular complexity index is 682. The number of hydrogen-bond donors (Lipinski definition) is 1. The molecule has 0 spiro atoms. The van der Waals surface area contributed by atoms with Gasteiger partial charge in [0, 0.05) is 0 Å². The normalized spacial score (nSPS) is 11.7. The highest BCUT2D eigenvalue weighted by Gasteiger charge is 2.13. The lowest BCUT2D eigenvalue weighted by Gasteiger charge is -2.17. The Morgan fingerprint density at radius 2 is 1.78 bits per heavy atom. The minimum absolute atomic E-state index is 0.0204. The number of nitrogens with one attached hydrogen (secondary N) is 1. The first-order valence-corrected chi connectivity index (χ1v) is 7.61. The van der Waals surface area contributed by atoms with Crippen LogP contribution in [0.15, 0.2) is 42.5 Å². The molecule has 2 rings (SSSR count). The molecule has 0 saturated heterocycles. The Hall–Kier alpha value is -2.49. The molecule has 4 nitrogen and oxygen atoms in total. The third-order valence-corrected chi connectivity index (χ3v) is 3.85. The molecule has 1 amide bonds. The summed E-state index contributed by atoms with van der Waals surface area (Å²) < 4.78 is 10.5. The lowest BCUT2D eigenvalue weighted by atomic mass is 10.0. The van der Waals surface area contributed by atoms with E-state index < -0.39 is 0 Å². The summed E-state index contributed by atoms with van der Waals surface area (Å²) in [6.07, 6.45) is 0.302. The van der Waals surface area contributed by atoms with Gasteiger partial charge in [0.1, 0.15) is 0 Å². The molecule has 2 aromatic rings. The number of ether oxygens (including phenoxy) is 2. The molecule has 0 radical (unpaired) electrons. The molecule has 0 aliphatic heterocycles. The smallest absolute Gasteiger partial charge is 0.224 e. The van der Waals surface area contributed by atoms with Gasteiger partial charge in [-0.2, -0.15) is 0 Å². The van der Waals surface area contributed by atoms with E-state index in [2.05, 4.69) is 5.32 Å². The largest absolute Gasteiger partial charge is 0.493 e. The van der Waals surface area contributed by atoms with Crippen molar-refractivity contribution in [3.8, 4) is 11.5 Å². The molecule has 0 aliphatic rings. The molecular formula is C19H23NO3. The summed E-state index contributed by atoms with van der Waals surface area (Å²) >= 11 is 0. The van der Waals surface area contributed by atoms with E-state index in [-0.39, 0.29) is 11.9 Å². The van der Waals surface area contributed by atoms with E-state index in [0.29, 0.717) is 17.9 Å². The number of benzene rings is 2. The zero-order chi connectivity index (χ0) is 16.8. The van der Waals surface area contributed by atoms with Gasteiger partial charge in [0.25, 0.3) is 0 Å². The van der Waals surface area contributed by atoms with Crippen molar-refractivity contribution in [2.24, 2.45) is 0 Å². The van der Waals surface area contributed by atoms with Gasteiger partial charge in [0.15, 0.2) is 11.5 Å². The van der Waals surface area contributed by atoms with Crippen LogP contribution < -0.4 is 14.8 Å². The fourth-order valence-electron chi connectivity index (χ4n) is 2.62. The number of hydrogen-bond acceptors (Lipinski definition) is 3. The molecule has 0 aliphatic carbocycles. The van der Waals surface area contributed by atoms with Gasteiger partial charge in [-0.25, -0.2) is 0 Å². The molecule has 23 heavy (non-hydrogen) atoms. The lowest BCUT2D eigenvalue weighted by molar-refractivity contribution is -0.121. The minimum Gasteiger partial charge on any atom is -0.493 e. The van der Waals surface area contributed by atoms with Crippen LogP contribution in [0.4, 0.5) is 0 Å². The minimum atomic E-state index is -0.0242. The van der Waals surface area contributed by atoms with Crippen molar-refractivity contribution < 1.29 is 14.3 Å². The summed E-state index contributed by atoms with van der Waals surface area (Å²) in [5.41, 5.74) is 3.19. The fraction of sp³-hybridized carbons (Fsp3) is 0.316. The average Bonchev–Trinajstić information content (AvgIpc) is 2.54. The van der Waals surface area contributed by atoms with E-state index in [1.54, 1.807) is 14.2 Å². The van der Waals surface area contributed by atoms with Crippen molar-refractivity contribution in [3.05, 3.63) is 59.2 Å². The van der Waals surface area contributed by atoms with Crippen molar-refractivity contribution in [2.75, 3.05) is 14.2 Å². The van der Waals surface area contributed by atoms with Gasteiger partial charge in [-0.1, -0.05) is 30.3 Å². The first kappa shape index (κ1) is 16.9. The highest BCUT2D eigenvalue weighted by atomic mass is 16.5. The maximum absolute atomic E-state index is 12.3. The number of amides is 1. The summed E-state index contributed by atoms with van der Waals surface area (Å²) in [5.74, 6) is 1.27. The van der Waals surface area contributed by atoms with Gasteiger partial charge in [-0.05, 0) is 42.7 Å². The van der Waals surface area contributed by atoms with Crippen LogP contribution in [-0.4, -0.2) is 20.1 Å². The summed E-state index contributed by atoms with van der Waals surface area (Å²) in [4.78, 5) is 12.3. The third kappa shape index (κ3) is 4.25. The van der Waals surface area contributed by atoms with E-state index in [0.717, 1.165) is 11.1 Å². The molecule has 0 bridgehead atoms. The van der Waals surface area contributed by atoms with Crippen molar-refractivity contribution in [2.45, 2.75) is 26.3 Å². The second-order valence-electron chi connectivity index (χ2n) is 5.51. The Morgan fingerprint density at radius 3 is 2.43 bits per heavy atom. The Labute approximate surface area is 137 Å². The quantitative estimate of drug-likeness (QED) is 0.889. The van der Waals surface area contributed by atoms with Gasteiger partial charge < -0.3 is 14.8 Å². The van der Waals surface area contributed by atoms with Crippen molar-refractivity contribution >= 4 is 5.91 Å². The van der Waals surface area contributed by atoms with Crippen LogP contribution in [-0.2, 0) is 11.2 Å². The van der Waals surface area contributed by atoms with Crippen LogP contribution in [0.2, 0.25) is 0 Å². The average molecular weight is 313 g/mol. The number of aryl methyl sites for hydroxylation is 1. The monoisotopic (exact) mass is 313 g/mol. The maximum Gasteiger partial charge on any atom is 0.224 e. The summed E-state index contributed by atoms with van der Waals surface area (Å²) in [7, 11) is 3.18. The Morgan fingerprint density at radius 1 is 1.09 bits per heavy atom. The van der Waals surface area contributed by atoms with E-state index in [1.165, 1.54) is 5.56 Å². The second kappa shape index (κ2) is 7.68. The first-order chi connectivity index (χ1) is 11.0. The van der Waals surface area contributed by atoms with E-state index >= 15 is 0 Å². The second-order valence-corrected chi connectivity index (χ2v) is 5.51. The number of methoxy groups -OCH3 is 2. The SMILES string of the molecule is COc1ccc(CC(=O)NC(C)c2ccccc2C)cc1OC. The molecule has 0 aromatic heterocycles. The molecular weight excluding hydrogens is 290 g/mol. The topological polar surface area (TPSA) is 47.6 Å². The van der Waals surface area contributed by atoms with Crippen LogP contribution >= 0.6 is 0 Å². The molecule has 0 heterocycles. The van der Waals surface area contributed by atoms with Crippen molar-refractivity contribution in [1.29, 1.82) is 0 Å². The molecule has 122 valence electrons. The van der Waals surface area contributed by atoms with Crippen LogP contribution in [0, 0.1) is 6.92 Å². The van der Waals surface area contributed by atoms with Gasteiger partial charge in [-0.3, -0.25) is 4.79 Å². The molecule has 0 fully saturated rings. The van der Waals surface area contributed by atoms with Crippen LogP contribution in [0.1, 0.15) is 29.7 Å². The molecule has 0 saturated carbocycles. The number of carbonyl (C=O) groups excluding carboxylic acids is 1. The third-order valence-electron chi connectivity index (χ3n) is 3.85. The van der Waals surface area contributed by atoms with Gasteiger partial charge in [0.2, 0.25) is 5.91 Å². The maximum atomic E-state index is 12.3. The summed E-state index contributed by atoms with van der Waals surface area (Å²) in [6, 6.07) is 13.6. The van der Waals surface area contributed by atoms with Gasteiger partial charge in [-0.15, -0.1) is 0 Å². The van der Waals surface area contributed by atoms with Gasteiger partial charge >= 0.3 is 0 Å². The highest BCUT2D eigenvalue weighted by molar-refractivity contribution is 5.79. The zero-order valence-corrected chi connectivity index (χ0v) is 14.1.